The summed E-state index contributed by atoms with van der Waals surface area (Å²) >= 11 is 0. The average Bonchev–Trinajstić information content (AvgIpc) is 3.35. The molecule has 3 amide bonds. The summed E-state index contributed by atoms with van der Waals surface area (Å²) in [6.07, 6.45) is 4.38. The molecule has 3 N–H and O–H groups in total. The van der Waals surface area contributed by atoms with Gasteiger partial charge in [0, 0.05) is 56.1 Å². The molecule has 1 aromatic heterocycles. The lowest BCUT2D eigenvalue weighted by Gasteiger charge is -2.46. The van der Waals surface area contributed by atoms with Gasteiger partial charge in [0.05, 0.1) is 5.54 Å². The number of nitrogens with one attached hydrogen (secondary N) is 3. The van der Waals surface area contributed by atoms with Crippen LogP contribution in [0.25, 0.3) is 0 Å². The van der Waals surface area contributed by atoms with E-state index in [9.17, 15) is 14.4 Å². The Morgan fingerprint density at radius 3 is 2.76 bits per heavy atom. The number of amides is 3. The monoisotopic (exact) mass is 447 g/mol. The lowest BCUT2D eigenvalue weighted by molar-refractivity contribution is -0.136. The number of rotatable bonds is 5. The zero-order valence-electron chi connectivity index (χ0n) is 18.7. The molecule has 0 bridgehead atoms. The number of aromatic nitrogens is 1. The van der Waals surface area contributed by atoms with E-state index in [0.29, 0.717) is 25.1 Å². The maximum atomic E-state index is 13.0. The van der Waals surface area contributed by atoms with E-state index in [1.165, 1.54) is 30.7 Å². The molecule has 3 aliphatic heterocycles. The van der Waals surface area contributed by atoms with Crippen molar-refractivity contribution in [2.24, 2.45) is 0 Å². The first-order chi connectivity index (χ1) is 16.1. The van der Waals surface area contributed by atoms with Crippen LogP contribution in [-0.2, 0) is 41.3 Å². The van der Waals surface area contributed by atoms with Gasteiger partial charge in [-0.3, -0.25) is 19.7 Å². The normalized spacial score (nSPS) is 23.3. The summed E-state index contributed by atoms with van der Waals surface area (Å²) in [4.78, 5) is 38.5. The summed E-state index contributed by atoms with van der Waals surface area (Å²) in [5.41, 5.74) is 5.63. The molecule has 1 aromatic carbocycles. The Balaban J connectivity index is 1.15. The van der Waals surface area contributed by atoms with Crippen LogP contribution < -0.4 is 16.0 Å². The standard InChI is InChI=1S/C25H29N5O3/c31-22-8-6-20(23(32)28-22)30-15-19-16(3-1-4-18(19)24(30)33)13-26-14-17-5-7-21-25(9-2-10-25)27-11-12-29(17)21/h1,3-5,7,20,26-27H,2,6,8-15H2,(H,28,31,32). The van der Waals surface area contributed by atoms with E-state index >= 15 is 0 Å². The zero-order valence-corrected chi connectivity index (χ0v) is 18.7. The van der Waals surface area contributed by atoms with Gasteiger partial charge >= 0.3 is 0 Å². The van der Waals surface area contributed by atoms with Crippen LogP contribution in [0.5, 0.6) is 0 Å². The summed E-state index contributed by atoms with van der Waals surface area (Å²) in [5, 5.41) is 9.67. The number of imide groups is 1. The van der Waals surface area contributed by atoms with Crippen molar-refractivity contribution in [1.82, 2.24) is 25.4 Å². The number of benzene rings is 1. The van der Waals surface area contributed by atoms with Crippen molar-refractivity contribution in [3.8, 4) is 0 Å². The summed E-state index contributed by atoms with van der Waals surface area (Å²) in [6.45, 7) is 3.84. The number of piperidine rings is 1. The highest BCUT2D eigenvalue weighted by Gasteiger charge is 2.43. The summed E-state index contributed by atoms with van der Waals surface area (Å²) < 4.78 is 2.46. The molecule has 1 saturated carbocycles. The number of carbonyl (C=O) groups is 3. The molecule has 33 heavy (non-hydrogen) atoms. The molecule has 4 aliphatic rings. The highest BCUT2D eigenvalue weighted by molar-refractivity contribution is 6.05. The smallest absolute Gasteiger partial charge is 0.255 e. The van der Waals surface area contributed by atoms with Crippen LogP contribution in [0.2, 0.25) is 0 Å². The van der Waals surface area contributed by atoms with Crippen molar-refractivity contribution < 1.29 is 14.4 Å². The van der Waals surface area contributed by atoms with Crippen LogP contribution in [0.4, 0.5) is 0 Å². The molecular formula is C25H29N5O3. The minimum Gasteiger partial charge on any atom is -0.344 e. The first kappa shape index (κ1) is 20.6. The lowest BCUT2D eigenvalue weighted by Crippen LogP contribution is -2.53. The molecule has 4 heterocycles. The predicted molar refractivity (Wildman–Crippen MR) is 121 cm³/mol. The Labute approximate surface area is 192 Å². The third-order valence-electron chi connectivity index (χ3n) is 7.87. The number of nitrogens with zero attached hydrogens (tertiary/aromatic N) is 2. The van der Waals surface area contributed by atoms with Crippen LogP contribution in [0, 0.1) is 0 Å². The molecule has 1 aliphatic carbocycles. The van der Waals surface area contributed by atoms with Crippen LogP contribution >= 0.6 is 0 Å². The number of fused-ring (bicyclic) bond motifs is 3. The first-order valence-corrected chi connectivity index (χ1v) is 12.0. The van der Waals surface area contributed by atoms with Crippen molar-refractivity contribution in [2.75, 3.05) is 6.54 Å². The van der Waals surface area contributed by atoms with Gasteiger partial charge in [-0.2, -0.15) is 0 Å². The van der Waals surface area contributed by atoms with Gasteiger partial charge in [-0.15, -0.1) is 0 Å². The molecular weight excluding hydrogens is 418 g/mol. The van der Waals surface area contributed by atoms with Crippen LogP contribution in [0.1, 0.15) is 65.0 Å². The second kappa shape index (κ2) is 7.81. The van der Waals surface area contributed by atoms with Crippen molar-refractivity contribution in [3.05, 3.63) is 58.4 Å². The van der Waals surface area contributed by atoms with Gasteiger partial charge in [-0.1, -0.05) is 12.1 Å². The molecule has 8 nitrogen and oxygen atoms in total. The zero-order chi connectivity index (χ0) is 22.6. The predicted octanol–water partition coefficient (Wildman–Crippen LogP) is 1.52. The summed E-state index contributed by atoms with van der Waals surface area (Å²) in [6, 6.07) is 9.73. The highest BCUT2D eigenvalue weighted by Crippen LogP contribution is 2.43. The van der Waals surface area contributed by atoms with E-state index in [1.807, 2.05) is 18.2 Å². The molecule has 1 atom stereocenters. The van der Waals surface area contributed by atoms with Gasteiger partial charge in [0.25, 0.3) is 5.91 Å². The largest absolute Gasteiger partial charge is 0.344 e. The quantitative estimate of drug-likeness (QED) is 0.604. The SMILES string of the molecule is O=C1CCC(N2Cc3c(CNCc4ccc5n4CCNC54CCC4)cccc3C2=O)C(=O)N1. The third-order valence-corrected chi connectivity index (χ3v) is 7.87. The molecule has 0 radical (unpaired) electrons. The second-order valence-electron chi connectivity index (χ2n) is 9.67. The Morgan fingerprint density at radius 2 is 1.97 bits per heavy atom. The van der Waals surface area contributed by atoms with Crippen LogP contribution in [0.15, 0.2) is 30.3 Å². The average molecular weight is 448 g/mol. The van der Waals surface area contributed by atoms with Gasteiger partial charge in [0.1, 0.15) is 6.04 Å². The molecule has 2 aromatic rings. The summed E-state index contributed by atoms with van der Waals surface area (Å²) in [5.74, 6) is -0.763. The van der Waals surface area contributed by atoms with E-state index in [0.717, 1.165) is 30.8 Å². The molecule has 8 heteroatoms. The molecule has 1 spiro atoms. The Bertz CT molecular complexity index is 1150. The minimum atomic E-state index is -0.580. The maximum absolute atomic E-state index is 13.0. The van der Waals surface area contributed by atoms with Gasteiger partial charge < -0.3 is 20.1 Å². The minimum absolute atomic E-state index is 0.125. The van der Waals surface area contributed by atoms with E-state index in [2.05, 4.69) is 32.7 Å². The Kier molecular flexibility index (Phi) is 4.88. The van der Waals surface area contributed by atoms with E-state index in [1.54, 1.807) is 4.90 Å². The van der Waals surface area contributed by atoms with Crippen molar-refractivity contribution >= 4 is 17.7 Å². The molecule has 172 valence electrons. The molecule has 6 rings (SSSR count). The first-order valence-electron chi connectivity index (χ1n) is 12.0. The third kappa shape index (κ3) is 3.31. The fourth-order valence-corrected chi connectivity index (χ4v) is 5.95. The summed E-state index contributed by atoms with van der Waals surface area (Å²) in [7, 11) is 0. The van der Waals surface area contributed by atoms with Gasteiger partial charge in [-0.05, 0) is 55.0 Å². The highest BCUT2D eigenvalue weighted by atomic mass is 16.2. The maximum Gasteiger partial charge on any atom is 0.255 e. The topological polar surface area (TPSA) is 95.5 Å². The fourth-order valence-electron chi connectivity index (χ4n) is 5.95. The second-order valence-corrected chi connectivity index (χ2v) is 9.67. The molecule has 1 saturated heterocycles. The lowest BCUT2D eigenvalue weighted by atomic mass is 9.73. The Hall–Kier alpha value is -2.97. The van der Waals surface area contributed by atoms with E-state index in [4.69, 9.17) is 0 Å². The van der Waals surface area contributed by atoms with E-state index in [-0.39, 0.29) is 29.7 Å². The van der Waals surface area contributed by atoms with Crippen LogP contribution in [-0.4, -0.2) is 39.8 Å². The van der Waals surface area contributed by atoms with E-state index < -0.39 is 6.04 Å². The van der Waals surface area contributed by atoms with Gasteiger partial charge in [-0.25, -0.2) is 0 Å². The number of carbonyl (C=O) groups excluding carboxylic acids is 3. The molecule has 1 unspecified atom stereocenters. The van der Waals surface area contributed by atoms with Crippen LogP contribution in [0.3, 0.4) is 0 Å². The van der Waals surface area contributed by atoms with Gasteiger partial charge in [0.2, 0.25) is 11.8 Å². The van der Waals surface area contributed by atoms with Crippen molar-refractivity contribution in [3.63, 3.8) is 0 Å². The Morgan fingerprint density at radius 1 is 1.09 bits per heavy atom. The number of hydrogen-bond donors (Lipinski definition) is 3. The molecule has 2 fully saturated rings. The van der Waals surface area contributed by atoms with Crippen molar-refractivity contribution in [1.29, 1.82) is 0 Å². The number of hydrogen-bond acceptors (Lipinski definition) is 5. The van der Waals surface area contributed by atoms with Crippen molar-refractivity contribution in [2.45, 2.75) is 69.9 Å². The fraction of sp³-hybridized carbons (Fsp3) is 0.480. The van der Waals surface area contributed by atoms with Gasteiger partial charge in [0.15, 0.2) is 0 Å².